The highest BCUT2D eigenvalue weighted by atomic mass is 16.5. The zero-order valence-electron chi connectivity index (χ0n) is 13.4. The number of aryl methyl sites for hydroxylation is 1. The Labute approximate surface area is 131 Å². The number of aliphatic hydroxyl groups excluding tert-OH is 1. The van der Waals surface area contributed by atoms with Crippen LogP contribution >= 0.6 is 0 Å². The first-order valence-electron chi connectivity index (χ1n) is 8.62. The van der Waals surface area contributed by atoms with E-state index in [2.05, 4.69) is 5.10 Å². The van der Waals surface area contributed by atoms with E-state index in [9.17, 15) is 9.90 Å². The van der Waals surface area contributed by atoms with Crippen molar-refractivity contribution in [2.75, 3.05) is 6.61 Å². The maximum Gasteiger partial charge on any atom is 0.359 e. The van der Waals surface area contributed by atoms with Crippen LogP contribution in [0.15, 0.2) is 0 Å². The van der Waals surface area contributed by atoms with Crippen LogP contribution in [0.1, 0.15) is 67.2 Å². The lowest BCUT2D eigenvalue weighted by Gasteiger charge is -2.25. The first-order valence-corrected chi connectivity index (χ1v) is 8.62. The normalized spacial score (nSPS) is 24.3. The molecule has 0 amide bonds. The highest BCUT2D eigenvalue weighted by Gasteiger charge is 2.27. The molecule has 0 saturated heterocycles. The van der Waals surface area contributed by atoms with Gasteiger partial charge < -0.3 is 9.84 Å². The van der Waals surface area contributed by atoms with Gasteiger partial charge in [-0.2, -0.15) is 5.10 Å². The van der Waals surface area contributed by atoms with E-state index >= 15 is 0 Å². The van der Waals surface area contributed by atoms with Crippen molar-refractivity contribution in [3.8, 4) is 0 Å². The second kappa shape index (κ2) is 6.82. The van der Waals surface area contributed by atoms with Gasteiger partial charge in [0.1, 0.15) is 0 Å². The molecule has 0 aliphatic heterocycles. The number of rotatable bonds is 5. The minimum Gasteiger partial charge on any atom is -0.461 e. The molecule has 1 saturated carbocycles. The largest absolute Gasteiger partial charge is 0.461 e. The van der Waals surface area contributed by atoms with Crippen molar-refractivity contribution in [3.63, 3.8) is 0 Å². The number of carbonyl (C=O) groups excluding carboxylic acids is 1. The molecule has 1 aromatic rings. The summed E-state index contributed by atoms with van der Waals surface area (Å²) in [6.07, 6.45) is 8.12. The van der Waals surface area contributed by atoms with E-state index in [0.29, 0.717) is 18.2 Å². The van der Waals surface area contributed by atoms with Gasteiger partial charge in [-0.25, -0.2) is 4.79 Å². The van der Waals surface area contributed by atoms with Gasteiger partial charge >= 0.3 is 5.97 Å². The molecular formula is C17H26N2O3. The molecule has 3 rings (SSSR count). The number of nitrogens with zero attached hydrogens (tertiary/aromatic N) is 2. The first-order chi connectivity index (χ1) is 10.7. The number of carbonyl (C=O) groups is 1. The number of fused-ring (bicyclic) bond motifs is 1. The number of hydrogen-bond donors (Lipinski definition) is 1. The summed E-state index contributed by atoms with van der Waals surface area (Å²) in [5, 5.41) is 14.1. The van der Waals surface area contributed by atoms with Crippen LogP contribution in [-0.4, -0.2) is 33.6 Å². The van der Waals surface area contributed by atoms with Gasteiger partial charge in [-0.15, -0.1) is 0 Å². The van der Waals surface area contributed by atoms with E-state index in [4.69, 9.17) is 4.74 Å². The Bertz CT molecular complexity index is 530. The average Bonchev–Trinajstić information content (AvgIpc) is 3.09. The summed E-state index contributed by atoms with van der Waals surface area (Å²) in [7, 11) is 0. The Balaban J connectivity index is 1.66. The fourth-order valence-electron chi connectivity index (χ4n) is 3.80. The fraction of sp³-hybridized carbons (Fsp3) is 0.765. The molecule has 22 heavy (non-hydrogen) atoms. The van der Waals surface area contributed by atoms with Crippen molar-refractivity contribution in [2.45, 2.75) is 70.9 Å². The van der Waals surface area contributed by atoms with Crippen LogP contribution < -0.4 is 0 Å². The molecule has 0 spiro atoms. The van der Waals surface area contributed by atoms with E-state index < -0.39 is 0 Å². The van der Waals surface area contributed by atoms with Crippen molar-refractivity contribution in [2.24, 2.45) is 5.92 Å². The summed E-state index contributed by atoms with van der Waals surface area (Å²) in [4.78, 5) is 12.0. The van der Waals surface area contributed by atoms with Crippen molar-refractivity contribution in [3.05, 3.63) is 17.0 Å². The third-order valence-corrected chi connectivity index (χ3v) is 5.04. The van der Waals surface area contributed by atoms with Crippen LogP contribution in [0.3, 0.4) is 0 Å². The molecule has 1 fully saturated rings. The molecule has 0 atom stereocenters. The summed E-state index contributed by atoms with van der Waals surface area (Å²) in [6.45, 7) is 3.10. The molecule has 1 N–H and O–H groups in total. The second-order valence-electron chi connectivity index (χ2n) is 6.53. The average molecular weight is 306 g/mol. The van der Waals surface area contributed by atoms with Gasteiger partial charge in [0.2, 0.25) is 0 Å². The van der Waals surface area contributed by atoms with Crippen molar-refractivity contribution in [1.29, 1.82) is 0 Å². The molecule has 5 heteroatoms. The van der Waals surface area contributed by atoms with Crippen LogP contribution in [0.4, 0.5) is 0 Å². The quantitative estimate of drug-likeness (QED) is 0.849. The number of ether oxygens (including phenoxy) is 1. The molecule has 0 aromatic carbocycles. The third kappa shape index (κ3) is 3.19. The summed E-state index contributed by atoms with van der Waals surface area (Å²) >= 11 is 0. The van der Waals surface area contributed by atoms with E-state index in [1.165, 1.54) is 5.69 Å². The maximum absolute atomic E-state index is 12.0. The van der Waals surface area contributed by atoms with Gasteiger partial charge in [0.25, 0.3) is 0 Å². The molecule has 2 aliphatic carbocycles. The smallest absolute Gasteiger partial charge is 0.359 e. The van der Waals surface area contributed by atoms with E-state index in [1.54, 1.807) is 0 Å². The second-order valence-corrected chi connectivity index (χ2v) is 6.53. The Hall–Kier alpha value is -1.36. The van der Waals surface area contributed by atoms with Gasteiger partial charge in [-0.1, -0.05) is 0 Å². The van der Waals surface area contributed by atoms with Gasteiger partial charge in [-0.05, 0) is 64.2 Å². The molecule has 0 radical (unpaired) electrons. The lowest BCUT2D eigenvalue weighted by Crippen LogP contribution is -2.20. The van der Waals surface area contributed by atoms with E-state index in [-0.39, 0.29) is 12.1 Å². The predicted octanol–water partition coefficient (Wildman–Crippen LogP) is 2.49. The molecule has 1 heterocycles. The van der Waals surface area contributed by atoms with Crippen molar-refractivity contribution < 1.29 is 14.6 Å². The molecule has 122 valence electrons. The molecule has 0 bridgehead atoms. The molecule has 2 aliphatic rings. The van der Waals surface area contributed by atoms with Gasteiger partial charge in [-0.3, -0.25) is 4.68 Å². The molecule has 0 unspecified atom stereocenters. The lowest BCUT2D eigenvalue weighted by atomic mass is 9.85. The van der Waals surface area contributed by atoms with Crippen LogP contribution in [-0.2, 0) is 24.1 Å². The highest BCUT2D eigenvalue weighted by Crippen LogP contribution is 2.29. The van der Waals surface area contributed by atoms with Crippen LogP contribution in [0.25, 0.3) is 0 Å². The number of aliphatic hydroxyl groups is 1. The summed E-state index contributed by atoms with van der Waals surface area (Å²) in [6, 6.07) is 0. The molecular weight excluding hydrogens is 280 g/mol. The number of aromatic nitrogens is 2. The SMILES string of the molecule is CCOC(=O)c1nn(CC[C@H]2CC[C@@H](O)CC2)c2c1CCC2. The highest BCUT2D eigenvalue weighted by molar-refractivity contribution is 5.89. The van der Waals surface area contributed by atoms with Crippen molar-refractivity contribution in [1.82, 2.24) is 9.78 Å². The summed E-state index contributed by atoms with van der Waals surface area (Å²) in [5.74, 6) is 0.399. The van der Waals surface area contributed by atoms with E-state index in [1.807, 2.05) is 11.6 Å². The molecule has 5 nitrogen and oxygen atoms in total. The zero-order chi connectivity index (χ0) is 15.5. The first kappa shape index (κ1) is 15.5. The topological polar surface area (TPSA) is 64.3 Å². The van der Waals surface area contributed by atoms with Crippen molar-refractivity contribution >= 4 is 5.97 Å². The van der Waals surface area contributed by atoms with Gasteiger partial charge in [0.15, 0.2) is 5.69 Å². The van der Waals surface area contributed by atoms with Gasteiger partial charge in [0, 0.05) is 17.8 Å². The van der Waals surface area contributed by atoms with Crippen LogP contribution in [0.2, 0.25) is 0 Å². The maximum atomic E-state index is 12.0. The van der Waals surface area contributed by atoms with Crippen LogP contribution in [0, 0.1) is 5.92 Å². The van der Waals surface area contributed by atoms with Crippen LogP contribution in [0.5, 0.6) is 0 Å². The minimum atomic E-state index is -0.278. The minimum absolute atomic E-state index is 0.0967. The Morgan fingerprint density at radius 3 is 2.82 bits per heavy atom. The number of esters is 1. The molecule has 1 aromatic heterocycles. The number of hydrogen-bond acceptors (Lipinski definition) is 4. The zero-order valence-corrected chi connectivity index (χ0v) is 13.4. The van der Waals surface area contributed by atoms with E-state index in [0.717, 1.165) is 63.5 Å². The van der Waals surface area contributed by atoms with Gasteiger partial charge in [0.05, 0.1) is 12.7 Å². The third-order valence-electron chi connectivity index (χ3n) is 5.04. The predicted molar refractivity (Wildman–Crippen MR) is 82.8 cm³/mol. The Morgan fingerprint density at radius 2 is 2.09 bits per heavy atom. The summed E-state index contributed by atoms with van der Waals surface area (Å²) in [5.41, 5.74) is 2.88. The fourth-order valence-corrected chi connectivity index (χ4v) is 3.80. The lowest BCUT2D eigenvalue weighted by molar-refractivity contribution is 0.0517. The Morgan fingerprint density at radius 1 is 1.32 bits per heavy atom. The standard InChI is InChI=1S/C17H26N2O3/c1-2-22-17(21)16-14-4-3-5-15(14)19(18-16)11-10-12-6-8-13(20)9-7-12/h12-13,20H,2-11H2,1H3/t12-,13+. The Kier molecular flexibility index (Phi) is 4.81. The summed E-state index contributed by atoms with van der Waals surface area (Å²) < 4.78 is 7.17. The monoisotopic (exact) mass is 306 g/mol.